The van der Waals surface area contributed by atoms with E-state index in [1.54, 1.807) is 6.92 Å². The Balaban J connectivity index is 1.97. The van der Waals surface area contributed by atoms with Crippen LogP contribution in [0.15, 0.2) is 59.8 Å². The molecular formula is C20H20IN3O3. The molecule has 0 aliphatic carbocycles. The second-order valence-electron chi connectivity index (χ2n) is 6.00. The van der Waals surface area contributed by atoms with E-state index in [2.05, 4.69) is 38.5 Å². The number of halogens is 1. The Bertz CT molecular complexity index is 894. The summed E-state index contributed by atoms with van der Waals surface area (Å²) in [4.78, 5) is 25.1. The van der Waals surface area contributed by atoms with E-state index in [9.17, 15) is 9.59 Å². The van der Waals surface area contributed by atoms with Gasteiger partial charge in [0.1, 0.15) is 5.75 Å². The maximum absolute atomic E-state index is 13.0. The number of urea groups is 1. The number of nitrogens with one attached hydrogen (secondary N) is 3. The topological polar surface area (TPSA) is 79.5 Å². The molecule has 0 saturated carbocycles. The minimum absolute atomic E-state index is 0.280. The van der Waals surface area contributed by atoms with Crippen LogP contribution in [-0.4, -0.2) is 18.5 Å². The minimum atomic E-state index is -0.606. The molecule has 0 aromatic heterocycles. The molecule has 3 rings (SSSR count). The Hall–Kier alpha value is -2.55. The highest BCUT2D eigenvalue weighted by atomic mass is 127. The number of para-hydroxylation sites is 1. The van der Waals surface area contributed by atoms with Crippen LogP contribution in [0.4, 0.5) is 10.5 Å². The maximum Gasteiger partial charge on any atom is 0.319 e. The smallest absolute Gasteiger partial charge is 0.319 e. The largest absolute Gasteiger partial charge is 0.494 e. The maximum atomic E-state index is 13.0. The van der Waals surface area contributed by atoms with Gasteiger partial charge >= 0.3 is 6.03 Å². The number of carbonyl (C=O) groups excluding carboxylic acids is 2. The van der Waals surface area contributed by atoms with E-state index in [0.717, 1.165) is 9.13 Å². The van der Waals surface area contributed by atoms with Crippen LogP contribution in [-0.2, 0) is 4.79 Å². The van der Waals surface area contributed by atoms with Crippen molar-refractivity contribution in [3.05, 3.63) is 68.9 Å². The molecule has 140 valence electrons. The van der Waals surface area contributed by atoms with Crippen LogP contribution in [0, 0.1) is 3.57 Å². The Labute approximate surface area is 171 Å². The number of anilines is 1. The van der Waals surface area contributed by atoms with Crippen LogP contribution in [0.25, 0.3) is 0 Å². The Morgan fingerprint density at radius 3 is 2.59 bits per heavy atom. The molecule has 0 spiro atoms. The SMILES string of the molecule is CCOc1ccccc1C1NC(=O)NC(C)=C1C(=O)Nc1ccc(I)cc1. The first-order valence-corrected chi connectivity index (χ1v) is 9.64. The molecule has 1 aliphatic heterocycles. The summed E-state index contributed by atoms with van der Waals surface area (Å²) in [6.45, 7) is 4.10. The van der Waals surface area contributed by atoms with Gasteiger partial charge in [0.2, 0.25) is 0 Å². The van der Waals surface area contributed by atoms with Gasteiger partial charge in [-0.2, -0.15) is 0 Å². The highest BCUT2D eigenvalue weighted by Gasteiger charge is 2.32. The lowest BCUT2D eigenvalue weighted by Crippen LogP contribution is -2.46. The third-order valence-corrected chi connectivity index (χ3v) is 4.86. The van der Waals surface area contributed by atoms with Crippen molar-refractivity contribution in [3.8, 4) is 5.75 Å². The third kappa shape index (κ3) is 4.41. The van der Waals surface area contributed by atoms with Crippen LogP contribution in [0.3, 0.4) is 0 Å². The van der Waals surface area contributed by atoms with Gasteiger partial charge in [0.15, 0.2) is 0 Å². The van der Waals surface area contributed by atoms with E-state index >= 15 is 0 Å². The number of carbonyl (C=O) groups is 2. The summed E-state index contributed by atoms with van der Waals surface area (Å²) in [6, 6.07) is 14.0. The molecule has 7 heteroatoms. The monoisotopic (exact) mass is 477 g/mol. The van der Waals surface area contributed by atoms with Crippen LogP contribution in [0.2, 0.25) is 0 Å². The second kappa shape index (κ2) is 8.43. The fourth-order valence-corrected chi connectivity index (χ4v) is 3.33. The average Bonchev–Trinajstić information content (AvgIpc) is 2.63. The number of allylic oxidation sites excluding steroid dienone is 1. The van der Waals surface area contributed by atoms with Crippen LogP contribution in [0.5, 0.6) is 5.75 Å². The van der Waals surface area contributed by atoms with Crippen LogP contribution >= 0.6 is 22.6 Å². The molecule has 1 atom stereocenters. The van der Waals surface area contributed by atoms with Gasteiger partial charge in [-0.3, -0.25) is 4.79 Å². The highest BCUT2D eigenvalue weighted by Crippen LogP contribution is 2.33. The van der Waals surface area contributed by atoms with Crippen molar-refractivity contribution >= 4 is 40.2 Å². The average molecular weight is 477 g/mol. The van der Waals surface area contributed by atoms with Crippen molar-refractivity contribution in [2.75, 3.05) is 11.9 Å². The molecule has 1 unspecified atom stereocenters. The number of hydrogen-bond donors (Lipinski definition) is 3. The highest BCUT2D eigenvalue weighted by molar-refractivity contribution is 14.1. The fourth-order valence-electron chi connectivity index (χ4n) is 2.97. The van der Waals surface area contributed by atoms with Gasteiger partial charge in [-0.1, -0.05) is 18.2 Å². The molecule has 0 saturated heterocycles. The van der Waals surface area contributed by atoms with Crippen molar-refractivity contribution in [2.45, 2.75) is 19.9 Å². The zero-order chi connectivity index (χ0) is 19.4. The Kier molecular flexibility index (Phi) is 6.00. The summed E-state index contributed by atoms with van der Waals surface area (Å²) in [7, 11) is 0. The predicted molar refractivity (Wildman–Crippen MR) is 113 cm³/mol. The molecule has 2 aromatic rings. The van der Waals surface area contributed by atoms with Crippen molar-refractivity contribution in [3.63, 3.8) is 0 Å². The third-order valence-electron chi connectivity index (χ3n) is 4.15. The first-order valence-electron chi connectivity index (χ1n) is 8.56. The fraction of sp³-hybridized carbons (Fsp3) is 0.200. The number of ether oxygens (including phenoxy) is 1. The van der Waals surface area contributed by atoms with Crippen molar-refractivity contribution in [2.24, 2.45) is 0 Å². The first-order chi connectivity index (χ1) is 13.0. The molecular weight excluding hydrogens is 457 g/mol. The standard InChI is InChI=1S/C20H20IN3O3/c1-3-27-16-7-5-4-6-15(16)18-17(12(2)22-20(26)24-18)19(25)23-14-10-8-13(21)9-11-14/h4-11,18H,3H2,1-2H3,(H,23,25)(H2,22,24,26). The van der Waals surface area contributed by atoms with E-state index in [4.69, 9.17) is 4.74 Å². The van der Waals surface area contributed by atoms with Crippen LogP contribution in [0.1, 0.15) is 25.5 Å². The zero-order valence-electron chi connectivity index (χ0n) is 15.0. The summed E-state index contributed by atoms with van der Waals surface area (Å²) in [5, 5.41) is 8.42. The van der Waals surface area contributed by atoms with Gasteiger partial charge in [-0.25, -0.2) is 4.79 Å². The van der Waals surface area contributed by atoms with Gasteiger partial charge in [-0.05, 0) is 66.8 Å². The number of amides is 3. The van der Waals surface area contributed by atoms with E-state index in [1.165, 1.54) is 0 Å². The van der Waals surface area contributed by atoms with Gasteiger partial charge in [-0.15, -0.1) is 0 Å². The molecule has 3 N–H and O–H groups in total. The molecule has 6 nitrogen and oxygen atoms in total. The van der Waals surface area contributed by atoms with E-state index in [-0.39, 0.29) is 11.9 Å². The summed E-state index contributed by atoms with van der Waals surface area (Å²) in [5.74, 6) is 0.358. The van der Waals surface area contributed by atoms with Gasteiger partial charge in [0.25, 0.3) is 5.91 Å². The molecule has 0 bridgehead atoms. The van der Waals surface area contributed by atoms with Gasteiger partial charge in [0.05, 0.1) is 18.2 Å². The second-order valence-corrected chi connectivity index (χ2v) is 7.25. The zero-order valence-corrected chi connectivity index (χ0v) is 17.2. The Morgan fingerprint density at radius 2 is 1.89 bits per heavy atom. The summed E-state index contributed by atoms with van der Waals surface area (Å²) < 4.78 is 6.77. The predicted octanol–water partition coefficient (Wildman–Crippen LogP) is 3.96. The van der Waals surface area contributed by atoms with Crippen LogP contribution < -0.4 is 20.7 Å². The first kappa shape index (κ1) is 19.2. The van der Waals surface area contributed by atoms with E-state index in [1.807, 2.05) is 55.5 Å². The molecule has 0 fully saturated rings. The molecule has 27 heavy (non-hydrogen) atoms. The quantitative estimate of drug-likeness (QED) is 0.571. The van der Waals surface area contributed by atoms with E-state index in [0.29, 0.717) is 29.3 Å². The number of hydrogen-bond acceptors (Lipinski definition) is 3. The molecule has 3 amide bonds. The molecule has 1 heterocycles. The summed E-state index contributed by atoms with van der Waals surface area (Å²) in [5.41, 5.74) is 2.38. The number of rotatable bonds is 5. The lowest BCUT2D eigenvalue weighted by Gasteiger charge is -2.29. The lowest BCUT2D eigenvalue weighted by molar-refractivity contribution is -0.113. The summed E-state index contributed by atoms with van der Waals surface area (Å²) >= 11 is 2.21. The van der Waals surface area contributed by atoms with Gasteiger partial charge in [0, 0.05) is 20.5 Å². The normalized spacial score (nSPS) is 16.4. The minimum Gasteiger partial charge on any atom is -0.494 e. The van der Waals surface area contributed by atoms with Gasteiger partial charge < -0.3 is 20.7 Å². The lowest BCUT2D eigenvalue weighted by atomic mass is 9.94. The van der Waals surface area contributed by atoms with Crippen molar-refractivity contribution in [1.82, 2.24) is 10.6 Å². The molecule has 0 radical (unpaired) electrons. The van der Waals surface area contributed by atoms with Crippen molar-refractivity contribution < 1.29 is 14.3 Å². The summed E-state index contributed by atoms with van der Waals surface area (Å²) in [6.07, 6.45) is 0. The van der Waals surface area contributed by atoms with E-state index < -0.39 is 6.04 Å². The number of benzene rings is 2. The molecule has 2 aromatic carbocycles. The molecule has 1 aliphatic rings. The Morgan fingerprint density at radius 1 is 1.19 bits per heavy atom. The van der Waals surface area contributed by atoms with Crippen molar-refractivity contribution in [1.29, 1.82) is 0 Å².